The number of halogens is 2. The largest absolute Gasteiger partial charge is 0.449 e. The smallest absolute Gasteiger partial charge is 0.414 e. The highest BCUT2D eigenvalue weighted by molar-refractivity contribution is 6.42. The molecule has 0 heterocycles. The average Bonchev–Trinajstić information content (AvgIpc) is 2.77. The average molecular weight is 373 g/mol. The number of likely N-dealkylation sites (N-methyl/N-ethyl adjacent to an activating group) is 1. The Morgan fingerprint density at radius 3 is 2.38 bits per heavy atom. The number of carbonyl (C=O) groups is 1. The first kappa shape index (κ1) is 19.4. The highest BCUT2D eigenvalue weighted by Gasteiger charge is 2.35. The predicted octanol–water partition coefficient (Wildman–Crippen LogP) is 5.22. The molecule has 0 N–H and O–H groups in total. The summed E-state index contributed by atoms with van der Waals surface area (Å²) in [5.74, 6) is 0. The molecule has 2 atom stereocenters. The molecule has 1 aliphatic carbocycles. The maximum Gasteiger partial charge on any atom is 0.414 e. The zero-order chi connectivity index (χ0) is 17.7. The first-order valence-electron chi connectivity index (χ1n) is 8.53. The van der Waals surface area contributed by atoms with E-state index in [0.29, 0.717) is 16.7 Å². The van der Waals surface area contributed by atoms with Crippen LogP contribution in [0.4, 0.5) is 10.5 Å². The Bertz CT molecular complexity index is 566. The molecule has 0 aliphatic heterocycles. The van der Waals surface area contributed by atoms with E-state index >= 15 is 0 Å². The van der Waals surface area contributed by atoms with Gasteiger partial charge < -0.3 is 9.64 Å². The molecule has 24 heavy (non-hydrogen) atoms. The second kappa shape index (κ2) is 8.93. The van der Waals surface area contributed by atoms with E-state index in [2.05, 4.69) is 19.0 Å². The molecule has 0 spiro atoms. The van der Waals surface area contributed by atoms with Crippen LogP contribution in [0.15, 0.2) is 18.2 Å². The van der Waals surface area contributed by atoms with Crippen LogP contribution >= 0.6 is 23.2 Å². The Kier molecular flexibility index (Phi) is 7.20. The van der Waals surface area contributed by atoms with Crippen LogP contribution in [0.2, 0.25) is 10.0 Å². The lowest BCUT2D eigenvalue weighted by Crippen LogP contribution is -2.52. The third-order valence-electron chi connectivity index (χ3n) is 4.58. The monoisotopic (exact) mass is 372 g/mol. The third kappa shape index (κ3) is 4.56. The fourth-order valence-electron chi connectivity index (χ4n) is 3.43. The van der Waals surface area contributed by atoms with Gasteiger partial charge in [-0.3, -0.25) is 4.90 Å². The van der Waals surface area contributed by atoms with Crippen molar-refractivity contribution < 1.29 is 9.53 Å². The highest BCUT2D eigenvalue weighted by Crippen LogP contribution is 2.33. The van der Waals surface area contributed by atoms with Gasteiger partial charge in [0.15, 0.2) is 0 Å². The first-order chi connectivity index (χ1) is 11.5. The molecule has 6 heteroatoms. The maximum absolute atomic E-state index is 12.7. The number of ether oxygens (including phenoxy) is 1. The molecule has 1 aromatic rings. The summed E-state index contributed by atoms with van der Waals surface area (Å²) in [7, 11) is 4.14. The van der Waals surface area contributed by atoms with Crippen LogP contribution < -0.4 is 4.90 Å². The second-order valence-electron chi connectivity index (χ2n) is 6.40. The SMILES string of the molecule is CCOC(=O)N(c1ccc(Cl)c(Cl)c1)C1CCCCCC1N(C)C. The van der Waals surface area contributed by atoms with Crippen LogP contribution in [0.5, 0.6) is 0 Å². The molecule has 134 valence electrons. The number of nitrogens with zero attached hydrogens (tertiary/aromatic N) is 2. The van der Waals surface area contributed by atoms with Gasteiger partial charge in [-0.2, -0.15) is 0 Å². The van der Waals surface area contributed by atoms with E-state index in [-0.39, 0.29) is 18.2 Å². The molecule has 0 bridgehead atoms. The lowest BCUT2D eigenvalue weighted by atomic mass is 9.99. The zero-order valence-electron chi connectivity index (χ0n) is 14.6. The van der Waals surface area contributed by atoms with Gasteiger partial charge in [0.2, 0.25) is 0 Å². The minimum Gasteiger partial charge on any atom is -0.449 e. The van der Waals surface area contributed by atoms with Gasteiger partial charge in [-0.1, -0.05) is 42.5 Å². The lowest BCUT2D eigenvalue weighted by Gasteiger charge is -2.38. The van der Waals surface area contributed by atoms with Crippen LogP contribution in [0.1, 0.15) is 39.0 Å². The second-order valence-corrected chi connectivity index (χ2v) is 7.22. The van der Waals surface area contributed by atoms with Gasteiger partial charge in [0.05, 0.1) is 22.7 Å². The van der Waals surface area contributed by atoms with Gasteiger partial charge in [-0.05, 0) is 52.1 Å². The molecule has 1 fully saturated rings. The normalized spacial score (nSPS) is 21.4. The standard InChI is InChI=1S/C18H26Cl2N2O2/c1-4-24-18(23)22(13-10-11-14(19)15(20)12-13)17-9-7-5-6-8-16(17)21(2)3/h10-12,16-17H,4-9H2,1-3H3. The van der Waals surface area contributed by atoms with E-state index in [0.717, 1.165) is 24.9 Å². The number of anilines is 1. The molecular formula is C18H26Cl2N2O2. The number of hydrogen-bond acceptors (Lipinski definition) is 3. The summed E-state index contributed by atoms with van der Waals surface area (Å²) in [5.41, 5.74) is 0.738. The molecule has 0 radical (unpaired) electrons. The third-order valence-corrected chi connectivity index (χ3v) is 5.32. The van der Waals surface area contributed by atoms with Crippen molar-refractivity contribution in [2.24, 2.45) is 0 Å². The summed E-state index contributed by atoms with van der Waals surface area (Å²) < 4.78 is 5.34. The van der Waals surface area contributed by atoms with Crippen LogP contribution in [-0.4, -0.2) is 43.8 Å². The Hall–Kier alpha value is -0.970. The van der Waals surface area contributed by atoms with Gasteiger partial charge in [0.1, 0.15) is 0 Å². The van der Waals surface area contributed by atoms with E-state index in [1.54, 1.807) is 17.0 Å². The first-order valence-corrected chi connectivity index (χ1v) is 9.28. The molecule has 1 amide bonds. The van der Waals surface area contributed by atoms with Gasteiger partial charge in [-0.25, -0.2) is 4.79 Å². The van der Waals surface area contributed by atoms with Crippen LogP contribution in [0, 0.1) is 0 Å². The molecule has 2 rings (SSSR count). The molecule has 2 unspecified atom stereocenters. The van der Waals surface area contributed by atoms with Crippen molar-refractivity contribution in [3.8, 4) is 0 Å². The Morgan fingerprint density at radius 1 is 1.12 bits per heavy atom. The maximum atomic E-state index is 12.7. The summed E-state index contributed by atoms with van der Waals surface area (Å²) in [6, 6.07) is 5.65. The summed E-state index contributed by atoms with van der Waals surface area (Å²) in [6.07, 6.45) is 5.16. The summed E-state index contributed by atoms with van der Waals surface area (Å²) in [4.78, 5) is 16.7. The number of rotatable bonds is 4. The van der Waals surface area contributed by atoms with Gasteiger partial charge in [0.25, 0.3) is 0 Å². The van der Waals surface area contributed by atoms with Crippen LogP contribution in [0.3, 0.4) is 0 Å². The van der Waals surface area contributed by atoms with Gasteiger partial charge in [-0.15, -0.1) is 0 Å². The van der Waals surface area contributed by atoms with E-state index in [1.165, 1.54) is 12.8 Å². The Morgan fingerprint density at radius 2 is 1.79 bits per heavy atom. The van der Waals surface area contributed by atoms with Crippen LogP contribution in [-0.2, 0) is 4.74 Å². The van der Waals surface area contributed by atoms with Crippen molar-refractivity contribution in [3.05, 3.63) is 28.2 Å². The number of carbonyl (C=O) groups excluding carboxylic acids is 1. The van der Waals surface area contributed by atoms with Crippen molar-refractivity contribution in [3.63, 3.8) is 0 Å². The summed E-state index contributed by atoms with van der Waals surface area (Å²) in [6.45, 7) is 2.16. The van der Waals surface area contributed by atoms with Gasteiger partial charge >= 0.3 is 6.09 Å². The molecule has 1 saturated carbocycles. The van der Waals surface area contributed by atoms with Crippen LogP contribution in [0.25, 0.3) is 0 Å². The number of benzene rings is 1. The fraction of sp³-hybridized carbons (Fsp3) is 0.611. The van der Waals surface area contributed by atoms with E-state index in [4.69, 9.17) is 27.9 Å². The predicted molar refractivity (Wildman–Crippen MR) is 100 cm³/mol. The van der Waals surface area contributed by atoms with E-state index in [1.807, 2.05) is 13.0 Å². The highest BCUT2D eigenvalue weighted by atomic mass is 35.5. The number of hydrogen-bond donors (Lipinski definition) is 0. The Balaban J connectivity index is 2.43. The zero-order valence-corrected chi connectivity index (χ0v) is 16.1. The van der Waals surface area contributed by atoms with E-state index in [9.17, 15) is 4.79 Å². The molecule has 0 saturated heterocycles. The minimum atomic E-state index is -0.324. The van der Waals surface area contributed by atoms with Crippen molar-refractivity contribution in [1.82, 2.24) is 4.90 Å². The topological polar surface area (TPSA) is 32.8 Å². The molecular weight excluding hydrogens is 347 g/mol. The molecule has 1 aromatic carbocycles. The van der Waals surface area contributed by atoms with Crippen molar-refractivity contribution in [2.75, 3.05) is 25.6 Å². The lowest BCUT2D eigenvalue weighted by molar-refractivity contribution is 0.149. The van der Waals surface area contributed by atoms with Gasteiger partial charge in [0, 0.05) is 11.7 Å². The molecule has 0 aromatic heterocycles. The number of amides is 1. The Labute approximate surface area is 154 Å². The summed E-state index contributed by atoms with van der Waals surface area (Å²) >= 11 is 12.2. The molecule has 4 nitrogen and oxygen atoms in total. The van der Waals surface area contributed by atoms with Crippen molar-refractivity contribution in [2.45, 2.75) is 51.1 Å². The van der Waals surface area contributed by atoms with Crippen molar-refractivity contribution >= 4 is 35.0 Å². The quantitative estimate of drug-likeness (QED) is 0.679. The molecule has 1 aliphatic rings. The minimum absolute atomic E-state index is 0.0544. The summed E-state index contributed by atoms with van der Waals surface area (Å²) in [5, 5.41) is 0.924. The van der Waals surface area contributed by atoms with E-state index < -0.39 is 0 Å². The fourth-order valence-corrected chi connectivity index (χ4v) is 3.72. The van der Waals surface area contributed by atoms with Crippen molar-refractivity contribution in [1.29, 1.82) is 0 Å².